The zero-order valence-electron chi connectivity index (χ0n) is 21.7. The zero-order chi connectivity index (χ0) is 26.8. The highest BCUT2D eigenvalue weighted by Gasteiger charge is 2.29. The fraction of sp³-hybridized carbons (Fsp3) is 0.429. The van der Waals surface area contributed by atoms with Gasteiger partial charge in [0.15, 0.2) is 0 Å². The number of aliphatic hydroxyl groups is 1. The summed E-state index contributed by atoms with van der Waals surface area (Å²) in [6.07, 6.45) is 0.0911. The van der Waals surface area contributed by atoms with Crippen LogP contribution in [0.25, 0.3) is 11.3 Å². The van der Waals surface area contributed by atoms with Crippen LogP contribution in [-0.2, 0) is 24.3 Å². The van der Waals surface area contributed by atoms with E-state index < -0.39 is 6.10 Å². The molecular weight excluding hydrogens is 525 g/mol. The van der Waals surface area contributed by atoms with Gasteiger partial charge in [0.25, 0.3) is 0 Å². The normalized spacial score (nSPS) is 16.9. The maximum Gasteiger partial charge on any atom is 0.219 e. The van der Waals surface area contributed by atoms with E-state index in [9.17, 15) is 9.90 Å². The fourth-order valence-corrected chi connectivity index (χ4v) is 5.92. The topological polar surface area (TPSA) is 74.1 Å². The third-order valence-corrected chi connectivity index (χ3v) is 7.96. The van der Waals surface area contributed by atoms with Gasteiger partial charge in [0.2, 0.25) is 5.91 Å². The van der Waals surface area contributed by atoms with E-state index in [0.29, 0.717) is 42.6 Å². The van der Waals surface area contributed by atoms with E-state index in [-0.39, 0.29) is 5.91 Å². The van der Waals surface area contributed by atoms with E-state index in [1.807, 2.05) is 33.8 Å². The first-order valence-electron chi connectivity index (χ1n) is 12.9. The number of rotatable bonds is 7. The zero-order valence-corrected chi connectivity index (χ0v) is 23.3. The van der Waals surface area contributed by atoms with E-state index in [4.69, 9.17) is 33.0 Å². The highest BCUT2D eigenvalue weighted by molar-refractivity contribution is 6.36. The van der Waals surface area contributed by atoms with Crippen molar-refractivity contribution in [3.8, 4) is 17.0 Å². The lowest BCUT2D eigenvalue weighted by Crippen LogP contribution is -2.49. The first-order chi connectivity index (χ1) is 18.3. The molecule has 8 nitrogen and oxygen atoms in total. The number of hydrogen-bond donors (Lipinski definition) is 1. The minimum absolute atomic E-state index is 0.0313. The molecule has 0 saturated carbocycles. The molecule has 2 aliphatic heterocycles. The van der Waals surface area contributed by atoms with Gasteiger partial charge in [-0.2, -0.15) is 5.10 Å². The number of benzene rings is 2. The molecule has 1 saturated heterocycles. The summed E-state index contributed by atoms with van der Waals surface area (Å²) in [4.78, 5) is 18.6. The number of methoxy groups -OCH3 is 1. The van der Waals surface area contributed by atoms with Gasteiger partial charge in [0, 0.05) is 81.0 Å². The first-order valence-corrected chi connectivity index (χ1v) is 13.7. The monoisotopic (exact) mass is 557 g/mol. The number of amides is 1. The summed E-state index contributed by atoms with van der Waals surface area (Å²) < 4.78 is 7.43. The highest BCUT2D eigenvalue weighted by Crippen LogP contribution is 2.35. The van der Waals surface area contributed by atoms with Crippen LogP contribution in [0.2, 0.25) is 10.0 Å². The SMILES string of the molecule is COc1ccccc1N1CCN(CC(O)Cn2nc(-c3ccc(Cl)cc3Cl)c3c2CCN(C(C)=O)C3)CC1. The summed E-state index contributed by atoms with van der Waals surface area (Å²) in [5, 5.41) is 17.1. The number of nitrogens with zero attached hydrogens (tertiary/aromatic N) is 5. The van der Waals surface area contributed by atoms with E-state index in [0.717, 1.165) is 60.1 Å². The second-order valence-corrected chi connectivity index (χ2v) is 10.7. The van der Waals surface area contributed by atoms with Crippen molar-refractivity contribution in [3.05, 3.63) is 63.8 Å². The number of halogens is 2. The van der Waals surface area contributed by atoms with Gasteiger partial charge < -0.3 is 19.6 Å². The summed E-state index contributed by atoms with van der Waals surface area (Å²) in [5.74, 6) is 0.910. The molecule has 3 heterocycles. The Labute approximate surface area is 233 Å². The van der Waals surface area contributed by atoms with Crippen LogP contribution >= 0.6 is 23.2 Å². The lowest BCUT2D eigenvalue weighted by atomic mass is 10.0. The predicted octanol–water partition coefficient (Wildman–Crippen LogP) is 3.95. The number of carbonyl (C=O) groups is 1. The van der Waals surface area contributed by atoms with Crippen LogP contribution in [0.1, 0.15) is 18.2 Å². The number of carbonyl (C=O) groups excluding carboxylic acids is 1. The van der Waals surface area contributed by atoms with E-state index in [1.165, 1.54) is 0 Å². The molecule has 1 amide bonds. The molecule has 2 aliphatic rings. The summed E-state index contributed by atoms with van der Waals surface area (Å²) in [5.41, 5.74) is 4.65. The number of para-hydroxylation sites is 2. The summed E-state index contributed by atoms with van der Waals surface area (Å²) in [7, 11) is 1.70. The standard InChI is InChI=1S/C28H33Cl2N5O3/c1-19(36)34-10-9-25-23(18-34)28(22-8-7-20(29)15-24(22)30)31-35(25)17-21(37)16-32-11-13-33(14-12-32)26-5-3-4-6-27(26)38-2/h3-8,15,21,37H,9-14,16-18H2,1-2H3. The van der Waals surface area contributed by atoms with E-state index in [1.54, 1.807) is 26.2 Å². The number of β-amino-alcohol motifs (C(OH)–C–C–N with tert-alkyl or cyclic N) is 1. The van der Waals surface area contributed by atoms with Gasteiger partial charge >= 0.3 is 0 Å². The second-order valence-electron chi connectivity index (χ2n) is 9.88. The second kappa shape index (κ2) is 11.5. The Morgan fingerprint density at radius 3 is 2.55 bits per heavy atom. The lowest BCUT2D eigenvalue weighted by Gasteiger charge is -2.37. The maximum atomic E-state index is 12.1. The number of hydrogen-bond acceptors (Lipinski definition) is 6. The van der Waals surface area contributed by atoms with Crippen molar-refractivity contribution >= 4 is 34.8 Å². The van der Waals surface area contributed by atoms with Gasteiger partial charge in [0.1, 0.15) is 5.75 Å². The van der Waals surface area contributed by atoms with Crippen molar-refractivity contribution in [2.24, 2.45) is 0 Å². The van der Waals surface area contributed by atoms with Gasteiger partial charge in [-0.1, -0.05) is 35.3 Å². The number of ether oxygens (including phenoxy) is 1. The number of piperazine rings is 1. The van der Waals surface area contributed by atoms with Crippen molar-refractivity contribution < 1.29 is 14.6 Å². The number of aromatic nitrogens is 2. The average molecular weight is 559 g/mol. The lowest BCUT2D eigenvalue weighted by molar-refractivity contribution is -0.129. The number of fused-ring (bicyclic) bond motifs is 1. The molecule has 1 atom stereocenters. The maximum absolute atomic E-state index is 12.1. The molecule has 0 aliphatic carbocycles. The van der Waals surface area contributed by atoms with Crippen LogP contribution in [0.5, 0.6) is 5.75 Å². The summed E-state index contributed by atoms with van der Waals surface area (Å²) in [6.45, 7) is 7.06. The Hall–Kier alpha value is -2.78. The molecule has 0 bridgehead atoms. The molecule has 2 aromatic carbocycles. The van der Waals surface area contributed by atoms with Crippen LogP contribution in [0.15, 0.2) is 42.5 Å². The molecule has 38 heavy (non-hydrogen) atoms. The van der Waals surface area contributed by atoms with Crippen molar-refractivity contribution in [3.63, 3.8) is 0 Å². The molecule has 1 fully saturated rings. The Morgan fingerprint density at radius 2 is 1.84 bits per heavy atom. The number of anilines is 1. The molecule has 202 valence electrons. The van der Waals surface area contributed by atoms with Crippen LogP contribution in [0.3, 0.4) is 0 Å². The average Bonchev–Trinajstić information content (AvgIpc) is 3.26. The van der Waals surface area contributed by atoms with Crippen LogP contribution in [-0.4, -0.2) is 83.1 Å². The van der Waals surface area contributed by atoms with Crippen molar-refractivity contribution in [2.45, 2.75) is 32.5 Å². The molecule has 1 unspecified atom stereocenters. The molecule has 1 aromatic heterocycles. The third-order valence-electron chi connectivity index (χ3n) is 7.42. The van der Waals surface area contributed by atoms with Gasteiger partial charge in [-0.25, -0.2) is 0 Å². The van der Waals surface area contributed by atoms with Crippen LogP contribution in [0, 0.1) is 0 Å². The van der Waals surface area contributed by atoms with Crippen molar-refractivity contribution in [2.75, 3.05) is 51.3 Å². The summed E-state index contributed by atoms with van der Waals surface area (Å²) >= 11 is 12.7. The van der Waals surface area contributed by atoms with Crippen molar-refractivity contribution in [1.82, 2.24) is 19.6 Å². The van der Waals surface area contributed by atoms with Gasteiger partial charge in [-0.3, -0.25) is 14.4 Å². The molecule has 0 radical (unpaired) electrons. The molecule has 3 aromatic rings. The Kier molecular flexibility index (Phi) is 8.14. The van der Waals surface area contributed by atoms with E-state index >= 15 is 0 Å². The molecule has 5 rings (SSSR count). The fourth-order valence-electron chi connectivity index (χ4n) is 5.43. The van der Waals surface area contributed by atoms with Crippen molar-refractivity contribution in [1.29, 1.82) is 0 Å². The molecule has 10 heteroatoms. The third kappa shape index (κ3) is 5.64. The highest BCUT2D eigenvalue weighted by atomic mass is 35.5. The molecular formula is C28H33Cl2N5O3. The molecule has 1 N–H and O–H groups in total. The van der Waals surface area contributed by atoms with E-state index in [2.05, 4.69) is 15.9 Å². The Bertz CT molecular complexity index is 1310. The predicted molar refractivity (Wildman–Crippen MR) is 150 cm³/mol. The van der Waals surface area contributed by atoms with Gasteiger partial charge in [-0.05, 0) is 30.3 Å². The Balaban J connectivity index is 1.29. The minimum Gasteiger partial charge on any atom is -0.495 e. The molecule has 0 spiro atoms. The number of aliphatic hydroxyl groups excluding tert-OH is 1. The largest absolute Gasteiger partial charge is 0.495 e. The minimum atomic E-state index is -0.587. The quantitative estimate of drug-likeness (QED) is 0.474. The van der Waals surface area contributed by atoms with Gasteiger partial charge in [0.05, 0.1) is 36.2 Å². The first kappa shape index (κ1) is 26.8. The Morgan fingerprint density at radius 1 is 1.08 bits per heavy atom. The van der Waals surface area contributed by atoms with Gasteiger partial charge in [-0.15, -0.1) is 0 Å². The van der Waals surface area contributed by atoms with Crippen LogP contribution < -0.4 is 9.64 Å². The summed E-state index contributed by atoms with van der Waals surface area (Å²) in [6, 6.07) is 13.4. The van der Waals surface area contributed by atoms with Crippen LogP contribution in [0.4, 0.5) is 5.69 Å². The smallest absolute Gasteiger partial charge is 0.219 e.